The lowest BCUT2D eigenvalue weighted by Crippen LogP contribution is -1.90. The Hall–Kier alpha value is -5.34. The molecule has 0 saturated heterocycles. The topological polar surface area (TPSA) is 25.8 Å². The van der Waals surface area contributed by atoms with E-state index >= 15 is 0 Å². The summed E-state index contributed by atoms with van der Waals surface area (Å²) in [5, 5.41) is 7.77. The summed E-state index contributed by atoms with van der Waals surface area (Å²) in [6.45, 7) is 0. The molecule has 0 bridgehead atoms. The highest BCUT2D eigenvalue weighted by molar-refractivity contribution is 6.27. The van der Waals surface area contributed by atoms with Gasteiger partial charge in [-0.1, -0.05) is 103 Å². The molecule has 8 rings (SSSR count). The van der Waals surface area contributed by atoms with E-state index in [2.05, 4.69) is 125 Å². The van der Waals surface area contributed by atoms with Crippen LogP contribution >= 0.6 is 0 Å². The van der Waals surface area contributed by atoms with Crippen molar-refractivity contribution in [3.05, 3.63) is 146 Å². The highest BCUT2D eigenvalue weighted by atomic mass is 14.7. The minimum atomic E-state index is 0.991. The van der Waals surface area contributed by atoms with Crippen molar-refractivity contribution in [3.63, 3.8) is 0 Å². The molecule has 0 aliphatic heterocycles. The van der Waals surface area contributed by atoms with Crippen molar-refractivity contribution in [1.29, 1.82) is 0 Å². The van der Waals surface area contributed by atoms with Crippen LogP contribution in [0.2, 0.25) is 0 Å². The van der Waals surface area contributed by atoms with Gasteiger partial charge in [-0.2, -0.15) is 0 Å². The quantitative estimate of drug-likeness (QED) is 0.221. The molecule has 2 aromatic heterocycles. The van der Waals surface area contributed by atoms with Crippen LogP contribution in [0.25, 0.3) is 77.0 Å². The summed E-state index contributed by atoms with van der Waals surface area (Å²) in [5.74, 6) is 0. The van der Waals surface area contributed by atoms with Crippen molar-refractivity contribution in [1.82, 2.24) is 9.97 Å². The van der Waals surface area contributed by atoms with Crippen molar-refractivity contribution < 1.29 is 0 Å². The molecule has 0 aliphatic rings. The van der Waals surface area contributed by atoms with Crippen LogP contribution in [0.3, 0.4) is 0 Å². The number of pyridine rings is 2. The fraction of sp³-hybridized carbons (Fsp3) is 0. The first-order valence-corrected chi connectivity index (χ1v) is 13.6. The molecule has 0 spiro atoms. The number of rotatable bonds is 4. The molecule has 0 atom stereocenters. The van der Waals surface area contributed by atoms with Crippen LogP contribution in [-0.4, -0.2) is 9.97 Å². The Morgan fingerprint density at radius 3 is 1.40 bits per heavy atom. The molecule has 0 saturated carbocycles. The molecule has 2 heteroatoms. The predicted octanol–water partition coefficient (Wildman–Crippen LogP) is 10.0. The van der Waals surface area contributed by atoms with Crippen molar-refractivity contribution in [3.8, 4) is 44.6 Å². The number of hydrogen-bond donors (Lipinski definition) is 0. The van der Waals surface area contributed by atoms with E-state index in [1.807, 2.05) is 30.7 Å². The van der Waals surface area contributed by atoms with Gasteiger partial charge >= 0.3 is 0 Å². The van der Waals surface area contributed by atoms with E-state index in [1.165, 1.54) is 65.7 Å². The number of hydrogen-bond acceptors (Lipinski definition) is 2. The molecule has 8 aromatic rings. The molecule has 0 aliphatic carbocycles. The van der Waals surface area contributed by atoms with Gasteiger partial charge in [0.05, 0.1) is 5.69 Å². The van der Waals surface area contributed by atoms with Crippen LogP contribution in [0, 0.1) is 0 Å². The molecule has 0 fully saturated rings. The Kier molecular flexibility index (Phi) is 5.17. The smallest absolute Gasteiger partial charge is 0.0701 e. The van der Waals surface area contributed by atoms with Gasteiger partial charge in [0.25, 0.3) is 0 Å². The summed E-state index contributed by atoms with van der Waals surface area (Å²) in [4.78, 5) is 8.66. The monoisotopic (exact) mass is 508 g/mol. The second kappa shape index (κ2) is 9.14. The zero-order valence-electron chi connectivity index (χ0n) is 21.8. The Bertz CT molecular complexity index is 1960. The standard InChI is InChI=1S/C38H24N2/c1-2-22-40-36(3-1)29-10-8-28(9-11-29)33-17-15-31-13-12-30-14-16-32(34-18-19-35(33)38(31)37(30)34)27-6-4-25(5-7-27)26-20-23-39-24-21-26/h1-24H. The Labute approximate surface area is 232 Å². The van der Waals surface area contributed by atoms with Crippen molar-refractivity contribution >= 4 is 32.3 Å². The third kappa shape index (κ3) is 3.65. The predicted molar refractivity (Wildman–Crippen MR) is 167 cm³/mol. The summed E-state index contributed by atoms with van der Waals surface area (Å²) in [6.07, 6.45) is 5.52. The second-order valence-corrected chi connectivity index (χ2v) is 10.3. The lowest BCUT2D eigenvalue weighted by Gasteiger charge is -2.17. The lowest BCUT2D eigenvalue weighted by molar-refractivity contribution is 1.33. The molecular formula is C38H24N2. The third-order valence-corrected chi connectivity index (χ3v) is 8.03. The average Bonchev–Trinajstić information content (AvgIpc) is 3.04. The van der Waals surface area contributed by atoms with Gasteiger partial charge in [-0.25, -0.2) is 0 Å². The summed E-state index contributed by atoms with van der Waals surface area (Å²) in [6, 6.07) is 45.9. The van der Waals surface area contributed by atoms with E-state index in [9.17, 15) is 0 Å². The molecule has 0 amide bonds. The number of nitrogens with zero attached hydrogens (tertiary/aromatic N) is 2. The van der Waals surface area contributed by atoms with Crippen LogP contribution in [0.4, 0.5) is 0 Å². The summed E-state index contributed by atoms with van der Waals surface area (Å²) < 4.78 is 0. The van der Waals surface area contributed by atoms with Crippen LogP contribution in [0.1, 0.15) is 0 Å². The Morgan fingerprint density at radius 2 is 0.850 bits per heavy atom. The normalized spacial score (nSPS) is 11.5. The lowest BCUT2D eigenvalue weighted by atomic mass is 9.87. The largest absolute Gasteiger partial charge is 0.265 e. The van der Waals surface area contributed by atoms with E-state index in [1.54, 1.807) is 0 Å². The van der Waals surface area contributed by atoms with Crippen molar-refractivity contribution in [2.24, 2.45) is 0 Å². The molecule has 0 radical (unpaired) electrons. The molecule has 0 unspecified atom stereocenters. The van der Waals surface area contributed by atoms with Gasteiger partial charge in [-0.15, -0.1) is 0 Å². The van der Waals surface area contributed by atoms with Gasteiger partial charge in [-0.05, 0) is 90.0 Å². The molecule has 186 valence electrons. The van der Waals surface area contributed by atoms with E-state index in [-0.39, 0.29) is 0 Å². The number of benzene rings is 6. The second-order valence-electron chi connectivity index (χ2n) is 10.3. The van der Waals surface area contributed by atoms with Crippen LogP contribution in [0.15, 0.2) is 146 Å². The Morgan fingerprint density at radius 1 is 0.350 bits per heavy atom. The van der Waals surface area contributed by atoms with Crippen molar-refractivity contribution in [2.75, 3.05) is 0 Å². The fourth-order valence-corrected chi connectivity index (χ4v) is 6.05. The van der Waals surface area contributed by atoms with Crippen molar-refractivity contribution in [2.45, 2.75) is 0 Å². The van der Waals surface area contributed by atoms with Gasteiger partial charge < -0.3 is 0 Å². The van der Waals surface area contributed by atoms with Gasteiger partial charge in [0.15, 0.2) is 0 Å². The molecule has 6 aromatic carbocycles. The highest BCUT2D eigenvalue weighted by Gasteiger charge is 2.15. The molecular weight excluding hydrogens is 484 g/mol. The van der Waals surface area contributed by atoms with Crippen LogP contribution in [0.5, 0.6) is 0 Å². The zero-order valence-corrected chi connectivity index (χ0v) is 21.8. The van der Waals surface area contributed by atoms with E-state index in [0.29, 0.717) is 0 Å². The van der Waals surface area contributed by atoms with E-state index in [4.69, 9.17) is 0 Å². The van der Waals surface area contributed by atoms with E-state index < -0.39 is 0 Å². The first kappa shape index (κ1) is 22.6. The maximum Gasteiger partial charge on any atom is 0.0701 e. The molecule has 0 N–H and O–H groups in total. The Balaban J connectivity index is 1.27. The highest BCUT2D eigenvalue weighted by Crippen LogP contribution is 2.42. The first-order chi connectivity index (χ1) is 19.8. The maximum absolute atomic E-state index is 4.51. The first-order valence-electron chi connectivity index (χ1n) is 13.6. The maximum atomic E-state index is 4.51. The van der Waals surface area contributed by atoms with Gasteiger partial charge in [0.1, 0.15) is 0 Å². The van der Waals surface area contributed by atoms with Crippen LogP contribution < -0.4 is 0 Å². The minimum Gasteiger partial charge on any atom is -0.265 e. The molecule has 2 heterocycles. The van der Waals surface area contributed by atoms with Gasteiger partial charge in [0.2, 0.25) is 0 Å². The molecule has 2 nitrogen and oxygen atoms in total. The number of aromatic nitrogens is 2. The average molecular weight is 509 g/mol. The molecule has 40 heavy (non-hydrogen) atoms. The fourth-order valence-electron chi connectivity index (χ4n) is 6.05. The summed E-state index contributed by atoms with van der Waals surface area (Å²) >= 11 is 0. The summed E-state index contributed by atoms with van der Waals surface area (Å²) in [7, 11) is 0. The van der Waals surface area contributed by atoms with Gasteiger partial charge in [0, 0.05) is 24.2 Å². The van der Waals surface area contributed by atoms with Crippen LogP contribution in [-0.2, 0) is 0 Å². The zero-order chi connectivity index (χ0) is 26.5. The minimum absolute atomic E-state index is 0.991. The SMILES string of the molecule is c1ccc(-c2ccc(-c3ccc4ccc5ccc(-c6ccc(-c7ccncc7)cc6)c6ccc3c4c56)cc2)nc1. The third-order valence-electron chi connectivity index (χ3n) is 8.03. The summed E-state index contributed by atoms with van der Waals surface area (Å²) in [5.41, 5.74) is 9.44. The van der Waals surface area contributed by atoms with Gasteiger partial charge in [-0.3, -0.25) is 9.97 Å². The van der Waals surface area contributed by atoms with E-state index in [0.717, 1.165) is 11.3 Å².